The molecule has 15 heavy (non-hydrogen) atoms. The van der Waals surface area contributed by atoms with Crippen LogP contribution in [0.2, 0.25) is 0 Å². The maximum absolute atomic E-state index is 4.18. The van der Waals surface area contributed by atoms with Gasteiger partial charge in [0.25, 0.3) is 0 Å². The average Bonchev–Trinajstić information content (AvgIpc) is 2.28. The first-order chi connectivity index (χ1) is 7.34. The molecule has 3 nitrogen and oxygen atoms in total. The van der Waals surface area contributed by atoms with Crippen molar-refractivity contribution in [2.45, 2.75) is 13.5 Å². The average molecular weight is 199 g/mol. The molecule has 1 N–H and O–H groups in total. The molecule has 0 radical (unpaired) electrons. The molecule has 1 aromatic carbocycles. The number of hydrogen-bond acceptors (Lipinski definition) is 3. The van der Waals surface area contributed by atoms with E-state index in [0.29, 0.717) is 0 Å². The van der Waals surface area contributed by atoms with E-state index in [2.05, 4.69) is 15.3 Å². The number of benzene rings is 1. The number of rotatable bonds is 3. The number of aromatic nitrogens is 2. The summed E-state index contributed by atoms with van der Waals surface area (Å²) in [5.41, 5.74) is 3.11. The van der Waals surface area contributed by atoms with Crippen LogP contribution < -0.4 is 5.32 Å². The van der Waals surface area contributed by atoms with Gasteiger partial charge >= 0.3 is 0 Å². The molecule has 0 atom stereocenters. The minimum absolute atomic E-state index is 0.730. The van der Waals surface area contributed by atoms with E-state index >= 15 is 0 Å². The van der Waals surface area contributed by atoms with E-state index in [1.54, 1.807) is 6.33 Å². The lowest BCUT2D eigenvalue weighted by atomic mass is 10.3. The van der Waals surface area contributed by atoms with Crippen molar-refractivity contribution in [2.75, 3.05) is 5.32 Å². The van der Waals surface area contributed by atoms with E-state index in [1.807, 2.05) is 43.3 Å². The highest BCUT2D eigenvalue weighted by Gasteiger charge is 1.95. The molecule has 0 bridgehead atoms. The fourth-order valence-electron chi connectivity index (χ4n) is 1.36. The number of para-hydroxylation sites is 1. The Bertz CT molecular complexity index is 426. The van der Waals surface area contributed by atoms with Crippen LogP contribution in [0.3, 0.4) is 0 Å². The van der Waals surface area contributed by atoms with Crippen LogP contribution >= 0.6 is 0 Å². The molecule has 0 aliphatic carbocycles. The molecular formula is C12H13N3. The smallest absolute Gasteiger partial charge is 0.115 e. The van der Waals surface area contributed by atoms with E-state index < -0.39 is 0 Å². The fourth-order valence-corrected chi connectivity index (χ4v) is 1.36. The van der Waals surface area contributed by atoms with Crippen molar-refractivity contribution < 1.29 is 0 Å². The number of nitrogens with one attached hydrogen (secondary N) is 1. The van der Waals surface area contributed by atoms with Gasteiger partial charge in [-0.05, 0) is 25.1 Å². The summed E-state index contributed by atoms with van der Waals surface area (Å²) in [5.74, 6) is 0. The normalized spacial score (nSPS) is 9.93. The van der Waals surface area contributed by atoms with Crippen LogP contribution in [0.5, 0.6) is 0 Å². The molecule has 2 aromatic rings. The van der Waals surface area contributed by atoms with Crippen LogP contribution in [0.4, 0.5) is 5.69 Å². The van der Waals surface area contributed by atoms with Gasteiger partial charge in [0.1, 0.15) is 6.33 Å². The quantitative estimate of drug-likeness (QED) is 0.824. The topological polar surface area (TPSA) is 37.8 Å². The predicted molar refractivity (Wildman–Crippen MR) is 60.5 cm³/mol. The van der Waals surface area contributed by atoms with Crippen molar-refractivity contribution >= 4 is 5.69 Å². The van der Waals surface area contributed by atoms with Gasteiger partial charge in [0.15, 0.2) is 0 Å². The Kier molecular flexibility index (Phi) is 2.93. The lowest BCUT2D eigenvalue weighted by Gasteiger charge is -2.05. The van der Waals surface area contributed by atoms with Gasteiger partial charge in [-0.25, -0.2) is 9.97 Å². The number of anilines is 1. The molecule has 1 heterocycles. The van der Waals surface area contributed by atoms with Crippen LogP contribution in [0.1, 0.15) is 11.4 Å². The van der Waals surface area contributed by atoms with E-state index in [-0.39, 0.29) is 0 Å². The molecule has 0 aliphatic heterocycles. The Morgan fingerprint density at radius 2 is 1.93 bits per heavy atom. The maximum Gasteiger partial charge on any atom is 0.115 e. The molecule has 0 aliphatic rings. The molecule has 0 saturated carbocycles. The number of aryl methyl sites for hydroxylation is 1. The first-order valence-electron chi connectivity index (χ1n) is 4.91. The second-order valence-corrected chi connectivity index (χ2v) is 3.37. The second-order valence-electron chi connectivity index (χ2n) is 3.37. The number of hydrogen-bond donors (Lipinski definition) is 1. The summed E-state index contributed by atoms with van der Waals surface area (Å²) in [6, 6.07) is 12.1. The van der Waals surface area contributed by atoms with Gasteiger partial charge in [0.05, 0.1) is 12.2 Å². The molecule has 0 spiro atoms. The van der Waals surface area contributed by atoms with Crippen molar-refractivity contribution in [3.8, 4) is 0 Å². The highest BCUT2D eigenvalue weighted by Crippen LogP contribution is 2.06. The summed E-state index contributed by atoms with van der Waals surface area (Å²) >= 11 is 0. The minimum atomic E-state index is 0.730. The van der Waals surface area contributed by atoms with Gasteiger partial charge in [0.2, 0.25) is 0 Å². The highest BCUT2D eigenvalue weighted by molar-refractivity contribution is 5.42. The second kappa shape index (κ2) is 4.55. The standard InChI is InChI=1S/C12H13N3/c1-10-7-12(15-9-14-10)8-13-11-5-3-2-4-6-11/h2-7,9,13H,8H2,1H3. The highest BCUT2D eigenvalue weighted by atomic mass is 14.9. The van der Waals surface area contributed by atoms with E-state index in [1.165, 1.54) is 0 Å². The van der Waals surface area contributed by atoms with Gasteiger partial charge in [-0.1, -0.05) is 18.2 Å². The SMILES string of the molecule is Cc1cc(CNc2ccccc2)ncn1. The van der Waals surface area contributed by atoms with Crippen LogP contribution in [-0.4, -0.2) is 9.97 Å². The lowest BCUT2D eigenvalue weighted by Crippen LogP contribution is -2.02. The Hall–Kier alpha value is -1.90. The summed E-state index contributed by atoms with van der Waals surface area (Å²) < 4.78 is 0. The van der Waals surface area contributed by atoms with Crippen LogP contribution in [0.15, 0.2) is 42.7 Å². The van der Waals surface area contributed by atoms with Gasteiger partial charge in [-0.15, -0.1) is 0 Å². The third-order valence-electron chi connectivity index (χ3n) is 2.11. The zero-order chi connectivity index (χ0) is 10.5. The summed E-state index contributed by atoms with van der Waals surface area (Å²) in [6.45, 7) is 2.70. The Balaban J connectivity index is 1.99. The molecule has 0 saturated heterocycles. The molecule has 0 unspecified atom stereocenters. The molecule has 3 heteroatoms. The molecule has 0 fully saturated rings. The van der Waals surface area contributed by atoms with Crippen LogP contribution in [0.25, 0.3) is 0 Å². The molecule has 0 amide bonds. The summed E-state index contributed by atoms with van der Waals surface area (Å²) in [6.07, 6.45) is 1.59. The predicted octanol–water partition coefficient (Wildman–Crippen LogP) is 2.40. The largest absolute Gasteiger partial charge is 0.379 e. The monoisotopic (exact) mass is 199 g/mol. The molecule has 76 valence electrons. The van der Waals surface area contributed by atoms with Crippen molar-refractivity contribution in [3.05, 3.63) is 54.1 Å². The Morgan fingerprint density at radius 3 is 2.67 bits per heavy atom. The Morgan fingerprint density at radius 1 is 1.13 bits per heavy atom. The zero-order valence-electron chi connectivity index (χ0n) is 8.64. The molecule has 2 rings (SSSR count). The first-order valence-corrected chi connectivity index (χ1v) is 4.91. The van der Waals surface area contributed by atoms with Gasteiger partial charge in [-0.2, -0.15) is 0 Å². The van der Waals surface area contributed by atoms with E-state index in [0.717, 1.165) is 23.6 Å². The van der Waals surface area contributed by atoms with Crippen molar-refractivity contribution in [1.29, 1.82) is 0 Å². The van der Waals surface area contributed by atoms with Gasteiger partial charge in [-0.3, -0.25) is 0 Å². The fraction of sp³-hybridized carbons (Fsp3) is 0.167. The van der Waals surface area contributed by atoms with Crippen LogP contribution in [-0.2, 0) is 6.54 Å². The van der Waals surface area contributed by atoms with E-state index in [4.69, 9.17) is 0 Å². The summed E-state index contributed by atoms with van der Waals surface area (Å²) in [4.78, 5) is 8.24. The van der Waals surface area contributed by atoms with Gasteiger partial charge in [0, 0.05) is 11.4 Å². The van der Waals surface area contributed by atoms with Crippen molar-refractivity contribution in [1.82, 2.24) is 9.97 Å². The summed E-state index contributed by atoms with van der Waals surface area (Å²) in [7, 11) is 0. The third-order valence-corrected chi connectivity index (χ3v) is 2.11. The maximum atomic E-state index is 4.18. The van der Waals surface area contributed by atoms with Gasteiger partial charge < -0.3 is 5.32 Å². The van der Waals surface area contributed by atoms with Crippen molar-refractivity contribution in [3.63, 3.8) is 0 Å². The Labute approximate surface area is 89.2 Å². The zero-order valence-corrected chi connectivity index (χ0v) is 8.64. The third kappa shape index (κ3) is 2.77. The van der Waals surface area contributed by atoms with Crippen LogP contribution in [0, 0.1) is 6.92 Å². The number of nitrogens with zero attached hydrogens (tertiary/aromatic N) is 2. The minimum Gasteiger partial charge on any atom is -0.379 e. The molecule has 1 aromatic heterocycles. The van der Waals surface area contributed by atoms with Crippen molar-refractivity contribution in [2.24, 2.45) is 0 Å². The lowest BCUT2D eigenvalue weighted by molar-refractivity contribution is 0.983. The molecular weight excluding hydrogens is 186 g/mol. The summed E-state index contributed by atoms with van der Waals surface area (Å²) in [5, 5.41) is 3.30. The first kappa shape index (κ1) is 9.65. The van der Waals surface area contributed by atoms with E-state index in [9.17, 15) is 0 Å².